The van der Waals surface area contributed by atoms with Crippen molar-refractivity contribution in [1.29, 1.82) is 0 Å². The maximum absolute atomic E-state index is 12.7. The fourth-order valence-electron chi connectivity index (χ4n) is 1.66. The average Bonchev–Trinajstić information content (AvgIpc) is 2.95. The Kier molecular flexibility index (Phi) is 5.58. The molecule has 0 unspecified atom stereocenters. The van der Waals surface area contributed by atoms with Crippen molar-refractivity contribution in [3.05, 3.63) is 10.4 Å². The van der Waals surface area contributed by atoms with Gasteiger partial charge in [0.1, 0.15) is 11.7 Å². The summed E-state index contributed by atoms with van der Waals surface area (Å²) in [5.74, 6) is -0.778. The minimum Gasteiger partial charge on any atom is -0.352 e. The van der Waals surface area contributed by atoms with Gasteiger partial charge in [-0.2, -0.15) is 41.3 Å². The van der Waals surface area contributed by atoms with E-state index >= 15 is 0 Å². The average molecular weight is 400 g/mol. The zero-order valence-electron chi connectivity index (χ0n) is 13.7. The van der Waals surface area contributed by atoms with Crippen molar-refractivity contribution in [3.8, 4) is 11.5 Å². The molecule has 0 bridgehead atoms. The van der Waals surface area contributed by atoms with Crippen molar-refractivity contribution in [1.82, 2.24) is 19.9 Å². The number of nitrogens with one attached hydrogen (secondary N) is 2. The Morgan fingerprint density at radius 2 is 1.46 bits per heavy atom. The summed E-state index contributed by atoms with van der Waals surface area (Å²) in [7, 11) is 0. The molecule has 0 radical (unpaired) electrons. The molecule has 1 atom stereocenters. The van der Waals surface area contributed by atoms with Crippen molar-refractivity contribution >= 4 is 23.2 Å². The van der Waals surface area contributed by atoms with Crippen LogP contribution in [-0.4, -0.2) is 38.2 Å². The molecular formula is C13H14F6N6S. The summed E-state index contributed by atoms with van der Waals surface area (Å²) >= 11 is 0.338. The lowest BCUT2D eigenvalue weighted by atomic mass is 10.3. The van der Waals surface area contributed by atoms with Crippen LogP contribution in [-0.2, 0) is 6.18 Å². The van der Waals surface area contributed by atoms with Gasteiger partial charge in [-0.3, -0.25) is 0 Å². The smallest absolute Gasteiger partial charge is 0.352 e. The first kappa shape index (κ1) is 20.1. The number of nitrogens with zero attached hydrogens (tertiary/aromatic N) is 4. The summed E-state index contributed by atoms with van der Waals surface area (Å²) in [6.45, 7) is 4.34. The zero-order valence-corrected chi connectivity index (χ0v) is 14.5. The minimum atomic E-state index is -4.64. The molecule has 0 aromatic carbocycles. The Balaban J connectivity index is 2.41. The van der Waals surface area contributed by atoms with Gasteiger partial charge in [-0.25, -0.2) is 4.98 Å². The van der Waals surface area contributed by atoms with E-state index < -0.39 is 29.4 Å². The lowest BCUT2D eigenvalue weighted by molar-refractivity contribution is -0.139. The van der Waals surface area contributed by atoms with Crippen molar-refractivity contribution in [3.63, 3.8) is 0 Å². The van der Waals surface area contributed by atoms with Crippen LogP contribution < -0.4 is 10.6 Å². The van der Waals surface area contributed by atoms with Crippen LogP contribution >= 0.6 is 11.3 Å². The number of alkyl halides is 6. The summed E-state index contributed by atoms with van der Waals surface area (Å²) in [4.78, 5) is 14.9. The Hall–Kier alpha value is -2.18. The van der Waals surface area contributed by atoms with Crippen molar-refractivity contribution in [2.75, 3.05) is 10.6 Å². The highest BCUT2D eigenvalue weighted by atomic mass is 32.1. The van der Waals surface area contributed by atoms with Gasteiger partial charge in [-0.15, -0.1) is 11.3 Å². The first-order valence-corrected chi connectivity index (χ1v) is 8.13. The highest BCUT2D eigenvalue weighted by molar-refractivity contribution is 7.10. The van der Waals surface area contributed by atoms with Crippen LogP contribution in [0.2, 0.25) is 0 Å². The number of thiazole rings is 1. The fraction of sp³-hybridized carbons (Fsp3) is 0.538. The molecule has 0 fully saturated rings. The molecule has 26 heavy (non-hydrogen) atoms. The van der Waals surface area contributed by atoms with E-state index in [1.165, 1.54) is 0 Å². The maximum Gasteiger partial charge on any atom is 0.443 e. The quantitative estimate of drug-likeness (QED) is 0.733. The summed E-state index contributed by atoms with van der Waals surface area (Å²) in [6.07, 6.45) is -9.19. The van der Waals surface area contributed by atoms with Crippen LogP contribution in [0.4, 0.5) is 38.2 Å². The van der Waals surface area contributed by atoms with Gasteiger partial charge in [0, 0.05) is 11.4 Å². The number of hydrogen-bond donors (Lipinski definition) is 2. The highest BCUT2D eigenvalue weighted by Gasteiger charge is 2.37. The molecule has 0 saturated heterocycles. The second-order valence-electron chi connectivity index (χ2n) is 5.55. The molecule has 2 aromatic heterocycles. The van der Waals surface area contributed by atoms with Gasteiger partial charge in [0.2, 0.25) is 11.9 Å². The fourth-order valence-corrected chi connectivity index (χ4v) is 2.33. The maximum atomic E-state index is 12.7. The molecule has 6 nitrogen and oxygen atoms in total. The molecule has 0 spiro atoms. The topological polar surface area (TPSA) is 75.6 Å². The predicted octanol–water partition coefficient (Wildman–Crippen LogP) is 4.20. The van der Waals surface area contributed by atoms with Crippen LogP contribution in [0.25, 0.3) is 11.5 Å². The molecule has 0 saturated carbocycles. The van der Waals surface area contributed by atoms with Gasteiger partial charge < -0.3 is 10.6 Å². The number of aromatic nitrogens is 4. The molecule has 2 aromatic rings. The van der Waals surface area contributed by atoms with Gasteiger partial charge in [0.05, 0.1) is 0 Å². The van der Waals surface area contributed by atoms with E-state index in [0.29, 0.717) is 11.3 Å². The SMILES string of the molecule is CC(C)Nc1nc(N[C@H](C)C(F)(F)F)nc(-c2csc(C(F)(F)F)n2)n1. The summed E-state index contributed by atoms with van der Waals surface area (Å²) in [5, 5.41) is 4.81. The van der Waals surface area contributed by atoms with Gasteiger partial charge >= 0.3 is 12.4 Å². The summed E-state index contributed by atoms with van der Waals surface area (Å²) in [6, 6.07) is -2.13. The lowest BCUT2D eigenvalue weighted by Crippen LogP contribution is -2.34. The Morgan fingerprint density at radius 1 is 0.885 bits per heavy atom. The summed E-state index contributed by atoms with van der Waals surface area (Å²) < 4.78 is 76.2. The van der Waals surface area contributed by atoms with E-state index in [-0.39, 0.29) is 23.5 Å². The minimum absolute atomic E-state index is 0.0802. The third kappa shape index (κ3) is 5.16. The Bertz CT molecular complexity index is 756. The highest BCUT2D eigenvalue weighted by Crippen LogP contribution is 2.34. The van der Waals surface area contributed by atoms with Crippen LogP contribution in [0.15, 0.2) is 5.38 Å². The van der Waals surface area contributed by atoms with Crippen LogP contribution in [0.1, 0.15) is 25.8 Å². The number of halogens is 6. The molecule has 0 amide bonds. The third-order valence-electron chi connectivity index (χ3n) is 2.87. The number of hydrogen-bond acceptors (Lipinski definition) is 7. The summed E-state index contributed by atoms with van der Waals surface area (Å²) in [5.41, 5.74) is -0.209. The van der Waals surface area contributed by atoms with E-state index in [4.69, 9.17) is 0 Å². The van der Waals surface area contributed by atoms with E-state index in [0.717, 1.165) is 12.3 Å². The molecule has 2 heterocycles. The van der Waals surface area contributed by atoms with Crippen LogP contribution in [0.5, 0.6) is 0 Å². The second kappa shape index (κ2) is 7.21. The molecular weight excluding hydrogens is 386 g/mol. The van der Waals surface area contributed by atoms with Crippen molar-refractivity contribution in [2.24, 2.45) is 0 Å². The van der Waals surface area contributed by atoms with E-state index in [2.05, 4.69) is 30.6 Å². The van der Waals surface area contributed by atoms with Crippen LogP contribution in [0.3, 0.4) is 0 Å². The second-order valence-corrected chi connectivity index (χ2v) is 6.41. The Labute approximate surface area is 148 Å². The van der Waals surface area contributed by atoms with Gasteiger partial charge in [0.15, 0.2) is 10.8 Å². The van der Waals surface area contributed by atoms with Gasteiger partial charge in [-0.1, -0.05) is 0 Å². The lowest BCUT2D eigenvalue weighted by Gasteiger charge is -2.18. The first-order valence-electron chi connectivity index (χ1n) is 7.25. The van der Waals surface area contributed by atoms with E-state index in [9.17, 15) is 26.3 Å². The molecule has 0 aliphatic rings. The van der Waals surface area contributed by atoms with Crippen molar-refractivity contribution in [2.45, 2.75) is 45.2 Å². The third-order valence-corrected chi connectivity index (χ3v) is 3.75. The molecule has 0 aliphatic heterocycles. The van der Waals surface area contributed by atoms with E-state index in [1.807, 2.05) is 0 Å². The van der Waals surface area contributed by atoms with E-state index in [1.54, 1.807) is 13.8 Å². The molecule has 2 rings (SSSR count). The molecule has 2 N–H and O–H groups in total. The normalized spacial score (nSPS) is 13.8. The standard InChI is InChI=1S/C13H14F6N6S/c1-5(2)20-10-23-8(7-4-26-9(22-7)13(17,18)19)24-11(25-10)21-6(3)12(14,15)16/h4-6H,1-3H3,(H2,20,21,23,24,25)/t6-/m1/s1. The molecule has 13 heteroatoms. The molecule has 0 aliphatic carbocycles. The number of rotatable bonds is 5. The largest absolute Gasteiger partial charge is 0.443 e. The van der Waals surface area contributed by atoms with Gasteiger partial charge in [0.25, 0.3) is 0 Å². The first-order chi connectivity index (χ1) is 11.9. The Morgan fingerprint density at radius 3 is 1.92 bits per heavy atom. The monoisotopic (exact) mass is 400 g/mol. The van der Waals surface area contributed by atoms with Crippen LogP contribution in [0, 0.1) is 0 Å². The van der Waals surface area contributed by atoms with Crippen molar-refractivity contribution < 1.29 is 26.3 Å². The van der Waals surface area contributed by atoms with Gasteiger partial charge in [-0.05, 0) is 20.8 Å². The predicted molar refractivity (Wildman–Crippen MR) is 83.8 cm³/mol. The molecule has 144 valence electrons. The zero-order chi connectivity index (χ0) is 19.7. The number of anilines is 2.